The average Bonchev–Trinajstić information content (AvgIpc) is 2.48. The maximum Gasteiger partial charge on any atom is 0.333 e. The molecule has 2 aromatic rings. The Balaban J connectivity index is 2.59. The van der Waals surface area contributed by atoms with Crippen LogP contribution in [0.1, 0.15) is 32.8 Å². The summed E-state index contributed by atoms with van der Waals surface area (Å²) in [5.74, 6) is -0.276. The van der Waals surface area contributed by atoms with Crippen LogP contribution in [0.15, 0.2) is 42.0 Å². The summed E-state index contributed by atoms with van der Waals surface area (Å²) in [7, 11) is 0. The molecule has 110 valence electrons. The third kappa shape index (κ3) is 3.07. The first-order valence-electron chi connectivity index (χ1n) is 7.24. The number of allylic oxidation sites excluding steroid dienone is 1. The lowest BCUT2D eigenvalue weighted by Gasteiger charge is -2.14. The number of fused-ring (bicyclic) bond motifs is 1. The largest absolute Gasteiger partial charge is 0.463 e. The van der Waals surface area contributed by atoms with E-state index in [-0.39, 0.29) is 5.97 Å². The summed E-state index contributed by atoms with van der Waals surface area (Å²) in [5.41, 5.74) is 9.36. The SMILES string of the molecule is CCOC(=O)C(C)=C(CC)c1cc2ccccc2cc1N. The van der Waals surface area contributed by atoms with Gasteiger partial charge in [0, 0.05) is 16.8 Å². The molecule has 0 atom stereocenters. The van der Waals surface area contributed by atoms with Crippen LogP contribution in [0.25, 0.3) is 16.3 Å². The van der Waals surface area contributed by atoms with Crippen molar-refractivity contribution in [3.05, 3.63) is 47.5 Å². The van der Waals surface area contributed by atoms with Crippen molar-refractivity contribution in [3.63, 3.8) is 0 Å². The Morgan fingerprint density at radius 3 is 2.33 bits per heavy atom. The van der Waals surface area contributed by atoms with Gasteiger partial charge >= 0.3 is 5.97 Å². The molecule has 0 aliphatic heterocycles. The molecule has 0 spiro atoms. The summed E-state index contributed by atoms with van der Waals surface area (Å²) in [6.45, 7) is 6.00. The van der Waals surface area contributed by atoms with E-state index in [1.807, 2.05) is 43.3 Å². The molecule has 0 aromatic heterocycles. The Morgan fingerprint density at radius 1 is 1.14 bits per heavy atom. The van der Waals surface area contributed by atoms with Crippen molar-refractivity contribution in [2.75, 3.05) is 12.3 Å². The van der Waals surface area contributed by atoms with E-state index in [0.717, 1.165) is 28.3 Å². The van der Waals surface area contributed by atoms with Crippen molar-refractivity contribution >= 4 is 28.0 Å². The molecular weight excluding hydrogens is 262 g/mol. The van der Waals surface area contributed by atoms with Gasteiger partial charge in [0.2, 0.25) is 0 Å². The summed E-state index contributed by atoms with van der Waals surface area (Å²) in [6, 6.07) is 12.1. The topological polar surface area (TPSA) is 52.3 Å². The number of carbonyl (C=O) groups is 1. The van der Waals surface area contributed by atoms with Gasteiger partial charge in [0.05, 0.1) is 6.61 Å². The molecule has 0 aliphatic rings. The molecule has 2 N–H and O–H groups in total. The van der Waals surface area contributed by atoms with Crippen molar-refractivity contribution in [2.24, 2.45) is 0 Å². The number of hydrogen-bond donors (Lipinski definition) is 1. The lowest BCUT2D eigenvalue weighted by Crippen LogP contribution is -2.08. The predicted molar refractivity (Wildman–Crippen MR) is 87.9 cm³/mol. The number of nitrogen functional groups attached to an aromatic ring is 1. The molecule has 0 radical (unpaired) electrons. The first kappa shape index (κ1) is 15.1. The first-order chi connectivity index (χ1) is 10.1. The standard InChI is InChI=1S/C18H21NO2/c1-4-15(12(3)18(20)21-5-2)16-10-13-8-6-7-9-14(13)11-17(16)19/h6-11H,4-5,19H2,1-3H3. The molecule has 21 heavy (non-hydrogen) atoms. The van der Waals surface area contributed by atoms with Gasteiger partial charge < -0.3 is 10.5 Å². The van der Waals surface area contributed by atoms with Crippen molar-refractivity contribution < 1.29 is 9.53 Å². The van der Waals surface area contributed by atoms with Crippen molar-refractivity contribution in [1.82, 2.24) is 0 Å². The highest BCUT2D eigenvalue weighted by Gasteiger charge is 2.15. The summed E-state index contributed by atoms with van der Waals surface area (Å²) in [5, 5.41) is 2.22. The highest BCUT2D eigenvalue weighted by atomic mass is 16.5. The number of carbonyl (C=O) groups excluding carboxylic acids is 1. The fourth-order valence-electron chi connectivity index (χ4n) is 2.54. The molecule has 3 heteroatoms. The highest BCUT2D eigenvalue weighted by Crippen LogP contribution is 2.31. The number of benzene rings is 2. The zero-order valence-electron chi connectivity index (χ0n) is 12.8. The van der Waals surface area contributed by atoms with Crippen LogP contribution in [0.5, 0.6) is 0 Å². The summed E-state index contributed by atoms with van der Waals surface area (Å²) in [6.07, 6.45) is 0.729. The monoisotopic (exact) mass is 283 g/mol. The van der Waals surface area contributed by atoms with E-state index in [0.29, 0.717) is 17.9 Å². The van der Waals surface area contributed by atoms with Gasteiger partial charge in [-0.15, -0.1) is 0 Å². The minimum atomic E-state index is -0.276. The second-order valence-corrected chi connectivity index (χ2v) is 4.96. The molecule has 0 saturated carbocycles. The second kappa shape index (κ2) is 6.44. The second-order valence-electron chi connectivity index (χ2n) is 4.96. The first-order valence-corrected chi connectivity index (χ1v) is 7.24. The average molecular weight is 283 g/mol. The molecule has 0 aliphatic carbocycles. The number of anilines is 1. The fourth-order valence-corrected chi connectivity index (χ4v) is 2.54. The lowest BCUT2D eigenvalue weighted by atomic mass is 9.94. The molecule has 0 saturated heterocycles. The van der Waals surface area contributed by atoms with E-state index >= 15 is 0 Å². The van der Waals surface area contributed by atoms with Crippen LogP contribution in [0.4, 0.5) is 5.69 Å². The van der Waals surface area contributed by atoms with Gasteiger partial charge in [0.1, 0.15) is 0 Å². The van der Waals surface area contributed by atoms with Crippen molar-refractivity contribution in [3.8, 4) is 0 Å². The fraction of sp³-hybridized carbons (Fsp3) is 0.278. The Hall–Kier alpha value is -2.29. The van der Waals surface area contributed by atoms with Crippen LogP contribution < -0.4 is 5.73 Å². The number of esters is 1. The van der Waals surface area contributed by atoms with Gasteiger partial charge in [-0.3, -0.25) is 0 Å². The van der Waals surface area contributed by atoms with Crippen molar-refractivity contribution in [1.29, 1.82) is 0 Å². The molecule has 2 aromatic carbocycles. The lowest BCUT2D eigenvalue weighted by molar-refractivity contribution is -0.138. The van der Waals surface area contributed by atoms with Gasteiger partial charge in [0.25, 0.3) is 0 Å². The van der Waals surface area contributed by atoms with Crippen LogP contribution in [-0.2, 0) is 9.53 Å². The maximum absolute atomic E-state index is 12.0. The summed E-state index contributed by atoms with van der Waals surface area (Å²) >= 11 is 0. The molecule has 0 unspecified atom stereocenters. The van der Waals surface area contributed by atoms with Crippen LogP contribution in [0, 0.1) is 0 Å². The smallest absolute Gasteiger partial charge is 0.333 e. The van der Waals surface area contributed by atoms with Gasteiger partial charge in [-0.05, 0) is 48.7 Å². The zero-order valence-corrected chi connectivity index (χ0v) is 12.8. The molecule has 3 nitrogen and oxygen atoms in total. The highest BCUT2D eigenvalue weighted by molar-refractivity contribution is 6.00. The van der Waals surface area contributed by atoms with Crippen LogP contribution in [-0.4, -0.2) is 12.6 Å². The Morgan fingerprint density at radius 2 is 1.76 bits per heavy atom. The molecule has 0 fully saturated rings. The van der Waals surface area contributed by atoms with E-state index in [1.54, 1.807) is 13.8 Å². The Kier molecular flexibility index (Phi) is 4.63. The van der Waals surface area contributed by atoms with E-state index in [2.05, 4.69) is 0 Å². The molecule has 0 bridgehead atoms. The zero-order chi connectivity index (χ0) is 15.4. The third-order valence-corrected chi connectivity index (χ3v) is 3.63. The van der Waals surface area contributed by atoms with Crippen LogP contribution in [0.2, 0.25) is 0 Å². The number of hydrogen-bond acceptors (Lipinski definition) is 3. The van der Waals surface area contributed by atoms with Gasteiger partial charge in [-0.25, -0.2) is 4.79 Å². The molecule has 2 rings (SSSR count). The minimum absolute atomic E-state index is 0.276. The van der Waals surface area contributed by atoms with Crippen LogP contribution in [0.3, 0.4) is 0 Å². The van der Waals surface area contributed by atoms with Gasteiger partial charge in [-0.2, -0.15) is 0 Å². The summed E-state index contributed by atoms with van der Waals surface area (Å²) in [4.78, 5) is 12.0. The number of nitrogens with two attached hydrogens (primary N) is 1. The molecule has 0 amide bonds. The number of rotatable bonds is 4. The number of ether oxygens (including phenoxy) is 1. The quantitative estimate of drug-likeness (QED) is 0.520. The molecule has 0 heterocycles. The summed E-state index contributed by atoms with van der Waals surface area (Å²) < 4.78 is 5.10. The van der Waals surface area contributed by atoms with E-state index in [4.69, 9.17) is 10.5 Å². The van der Waals surface area contributed by atoms with E-state index in [9.17, 15) is 4.79 Å². The normalized spacial score (nSPS) is 12.1. The van der Waals surface area contributed by atoms with E-state index < -0.39 is 0 Å². The molecular formula is C18H21NO2. The Bertz CT molecular complexity index is 701. The Labute approximate surface area is 125 Å². The minimum Gasteiger partial charge on any atom is -0.463 e. The van der Waals surface area contributed by atoms with Gasteiger partial charge in [-0.1, -0.05) is 31.2 Å². The van der Waals surface area contributed by atoms with Crippen molar-refractivity contribution in [2.45, 2.75) is 27.2 Å². The predicted octanol–water partition coefficient (Wildman–Crippen LogP) is 4.17. The maximum atomic E-state index is 12.0. The van der Waals surface area contributed by atoms with Gasteiger partial charge in [0.15, 0.2) is 0 Å². The van der Waals surface area contributed by atoms with Crippen LogP contribution >= 0.6 is 0 Å². The third-order valence-electron chi connectivity index (χ3n) is 3.63. The van der Waals surface area contributed by atoms with E-state index in [1.165, 1.54) is 0 Å².